The number of carbonyl (C=O) groups excluding carboxylic acids is 1. The number of sulfonamides is 1. The molecule has 1 aromatic carbocycles. The van der Waals surface area contributed by atoms with E-state index in [1.54, 1.807) is 12.1 Å². The molecule has 2 saturated heterocycles. The van der Waals surface area contributed by atoms with E-state index in [1.165, 1.54) is 11.4 Å². The Kier molecular flexibility index (Phi) is 10.2. The van der Waals surface area contributed by atoms with Gasteiger partial charge in [-0.3, -0.25) is 14.5 Å². The third-order valence-electron chi connectivity index (χ3n) is 8.27. The minimum absolute atomic E-state index is 0.0197. The van der Waals surface area contributed by atoms with Crippen LogP contribution in [0.1, 0.15) is 63.9 Å². The van der Waals surface area contributed by atoms with Gasteiger partial charge in [-0.1, -0.05) is 26.7 Å². The lowest BCUT2D eigenvalue weighted by molar-refractivity contribution is -0.143. The number of likely N-dealkylation sites (tertiary alicyclic amines) is 1. The first-order chi connectivity index (χ1) is 19.2. The van der Waals surface area contributed by atoms with Crippen molar-refractivity contribution in [3.8, 4) is 17.2 Å². The highest BCUT2D eigenvalue weighted by Crippen LogP contribution is 2.47. The minimum Gasteiger partial charge on any atom is -0.493 e. The zero-order valence-corrected chi connectivity index (χ0v) is 24.7. The van der Waals surface area contributed by atoms with Crippen LogP contribution in [-0.2, 0) is 19.6 Å². The van der Waals surface area contributed by atoms with Crippen molar-refractivity contribution in [1.82, 2.24) is 14.1 Å². The first kappa shape index (κ1) is 30.4. The molecule has 1 amide bonds. The number of amides is 1. The number of benzene rings is 1. The SMILES string of the molecule is CCCCN(CCCC)C(=O)CN1C[C@H](c2cc(OC)c3c(c2)OCO3)[C@@H](C(=O)O)C1CCN1CCCS1(=O)=O. The van der Waals surface area contributed by atoms with E-state index in [1.807, 2.05) is 9.80 Å². The Bertz CT molecular complexity index is 1150. The number of aliphatic carboxylic acids is 1. The molecule has 3 atom stereocenters. The van der Waals surface area contributed by atoms with Crippen LogP contribution in [0.5, 0.6) is 17.2 Å². The van der Waals surface area contributed by atoms with E-state index in [4.69, 9.17) is 14.2 Å². The molecular formula is C28H43N3O8S. The smallest absolute Gasteiger partial charge is 0.308 e. The summed E-state index contributed by atoms with van der Waals surface area (Å²) in [6, 6.07) is 3.07. The standard InChI is InChI=1S/C28H43N3O8S/c1-4-6-10-29(11-7-5-2)25(32)18-30-17-21(20-15-23(37-3)27-24(16-20)38-19-39-27)26(28(33)34)22(30)9-13-31-12-8-14-40(31,35)36/h15-16,21-22,26H,4-14,17-19H2,1-3H3,(H,33,34)/t21-,22?,26-/m1/s1. The number of unbranched alkanes of at least 4 members (excludes halogenated alkanes) is 2. The van der Waals surface area contributed by atoms with Crippen LogP contribution in [0.25, 0.3) is 0 Å². The highest BCUT2D eigenvalue weighted by atomic mass is 32.2. The second-order valence-electron chi connectivity index (χ2n) is 10.9. The molecule has 3 aliphatic rings. The maximum atomic E-state index is 13.6. The number of hydrogen-bond acceptors (Lipinski definition) is 8. The van der Waals surface area contributed by atoms with E-state index in [-0.39, 0.29) is 31.5 Å². The number of ether oxygens (including phenoxy) is 3. The van der Waals surface area contributed by atoms with Gasteiger partial charge in [-0.25, -0.2) is 12.7 Å². The van der Waals surface area contributed by atoms with Crippen LogP contribution in [-0.4, -0.2) is 104 Å². The van der Waals surface area contributed by atoms with Crippen molar-refractivity contribution in [3.63, 3.8) is 0 Å². The zero-order chi connectivity index (χ0) is 28.9. The summed E-state index contributed by atoms with van der Waals surface area (Å²) in [5.41, 5.74) is 0.732. The summed E-state index contributed by atoms with van der Waals surface area (Å²) >= 11 is 0. The molecule has 1 unspecified atom stereocenters. The summed E-state index contributed by atoms with van der Waals surface area (Å²) in [6.07, 6.45) is 4.65. The van der Waals surface area contributed by atoms with Gasteiger partial charge in [-0.15, -0.1) is 0 Å². The number of carbonyl (C=O) groups is 2. The van der Waals surface area contributed by atoms with Gasteiger partial charge >= 0.3 is 5.97 Å². The third kappa shape index (κ3) is 6.66. The Balaban J connectivity index is 1.63. The van der Waals surface area contributed by atoms with Gasteiger partial charge in [-0.05, 0) is 43.4 Å². The van der Waals surface area contributed by atoms with Crippen LogP contribution < -0.4 is 14.2 Å². The molecule has 11 nitrogen and oxygen atoms in total. The Morgan fingerprint density at radius 1 is 1.15 bits per heavy atom. The molecule has 2 fully saturated rings. The summed E-state index contributed by atoms with van der Waals surface area (Å²) in [4.78, 5) is 30.2. The Morgan fingerprint density at radius 3 is 2.48 bits per heavy atom. The van der Waals surface area contributed by atoms with Crippen LogP contribution in [0.15, 0.2) is 12.1 Å². The van der Waals surface area contributed by atoms with Gasteiger partial charge in [0.15, 0.2) is 11.5 Å². The van der Waals surface area contributed by atoms with E-state index < -0.39 is 33.9 Å². The monoisotopic (exact) mass is 581 g/mol. The van der Waals surface area contributed by atoms with Gasteiger partial charge in [-0.2, -0.15) is 0 Å². The molecule has 4 rings (SSSR count). The van der Waals surface area contributed by atoms with Gasteiger partial charge in [0, 0.05) is 44.7 Å². The van der Waals surface area contributed by atoms with Crippen LogP contribution >= 0.6 is 0 Å². The summed E-state index contributed by atoms with van der Waals surface area (Å²) in [6.45, 7) is 6.69. The highest BCUT2D eigenvalue weighted by Gasteiger charge is 2.48. The van der Waals surface area contributed by atoms with Crippen molar-refractivity contribution in [2.75, 3.05) is 58.9 Å². The first-order valence-corrected chi connectivity index (χ1v) is 16.0. The average molecular weight is 582 g/mol. The van der Waals surface area contributed by atoms with Gasteiger partial charge in [0.1, 0.15) is 0 Å². The average Bonchev–Trinajstić information content (AvgIpc) is 3.63. The van der Waals surface area contributed by atoms with Crippen molar-refractivity contribution in [2.45, 2.75) is 64.3 Å². The van der Waals surface area contributed by atoms with Gasteiger partial charge < -0.3 is 24.2 Å². The van der Waals surface area contributed by atoms with Gasteiger partial charge in [0.05, 0.1) is 25.3 Å². The first-order valence-electron chi connectivity index (χ1n) is 14.4. The molecule has 0 radical (unpaired) electrons. The summed E-state index contributed by atoms with van der Waals surface area (Å²) in [7, 11) is -1.80. The molecule has 0 saturated carbocycles. The lowest BCUT2D eigenvalue weighted by Crippen LogP contribution is -2.45. The molecule has 12 heteroatoms. The van der Waals surface area contributed by atoms with Gasteiger partial charge in [0.25, 0.3) is 0 Å². The number of methoxy groups -OCH3 is 1. The Morgan fingerprint density at radius 2 is 1.88 bits per heavy atom. The fraction of sp³-hybridized carbons (Fsp3) is 0.714. The Labute approximate surface area is 237 Å². The molecule has 0 aliphatic carbocycles. The van der Waals surface area contributed by atoms with Crippen LogP contribution in [0.4, 0.5) is 0 Å². The molecule has 0 bridgehead atoms. The van der Waals surface area contributed by atoms with E-state index in [9.17, 15) is 23.1 Å². The number of hydrogen-bond donors (Lipinski definition) is 1. The summed E-state index contributed by atoms with van der Waals surface area (Å²) in [5, 5.41) is 10.5. The van der Waals surface area contributed by atoms with Crippen molar-refractivity contribution in [2.24, 2.45) is 5.92 Å². The second kappa shape index (κ2) is 13.4. The number of carboxylic acid groups (broad SMARTS) is 1. The molecule has 0 spiro atoms. The van der Waals surface area contributed by atoms with Gasteiger partial charge in [0.2, 0.25) is 28.5 Å². The van der Waals surface area contributed by atoms with E-state index in [2.05, 4.69) is 13.8 Å². The minimum atomic E-state index is -3.33. The van der Waals surface area contributed by atoms with Crippen molar-refractivity contribution < 1.29 is 37.3 Å². The molecule has 3 heterocycles. The molecule has 1 N–H and O–H groups in total. The molecule has 0 aromatic heterocycles. The fourth-order valence-corrected chi connectivity index (χ4v) is 7.65. The van der Waals surface area contributed by atoms with E-state index in [0.29, 0.717) is 56.3 Å². The highest BCUT2D eigenvalue weighted by molar-refractivity contribution is 7.89. The Hall–Kier alpha value is -2.57. The predicted octanol–water partition coefficient (Wildman–Crippen LogP) is 2.75. The molecule has 224 valence electrons. The van der Waals surface area contributed by atoms with Crippen LogP contribution in [0.2, 0.25) is 0 Å². The van der Waals surface area contributed by atoms with E-state index in [0.717, 1.165) is 31.2 Å². The normalized spacial score (nSPS) is 23.9. The van der Waals surface area contributed by atoms with Crippen molar-refractivity contribution in [1.29, 1.82) is 0 Å². The number of nitrogens with zero attached hydrogens (tertiary/aromatic N) is 3. The molecule has 3 aliphatic heterocycles. The lowest BCUT2D eigenvalue weighted by atomic mass is 9.84. The molecule has 1 aromatic rings. The number of fused-ring (bicyclic) bond motifs is 1. The third-order valence-corrected chi connectivity index (χ3v) is 10.2. The van der Waals surface area contributed by atoms with Crippen LogP contribution in [0, 0.1) is 5.92 Å². The summed E-state index contributed by atoms with van der Waals surface area (Å²) in [5.74, 6) is -0.718. The maximum Gasteiger partial charge on any atom is 0.308 e. The number of carboxylic acids is 1. The molecular weight excluding hydrogens is 538 g/mol. The number of rotatable bonds is 14. The van der Waals surface area contributed by atoms with Crippen LogP contribution in [0.3, 0.4) is 0 Å². The topological polar surface area (TPSA) is 126 Å². The maximum absolute atomic E-state index is 13.6. The molecule has 40 heavy (non-hydrogen) atoms. The summed E-state index contributed by atoms with van der Waals surface area (Å²) < 4.78 is 43.1. The van der Waals surface area contributed by atoms with Crippen molar-refractivity contribution in [3.05, 3.63) is 17.7 Å². The lowest BCUT2D eigenvalue weighted by Gasteiger charge is -2.30. The quantitative estimate of drug-likeness (QED) is 0.353. The van der Waals surface area contributed by atoms with Crippen molar-refractivity contribution >= 4 is 21.9 Å². The zero-order valence-electron chi connectivity index (χ0n) is 23.8. The largest absolute Gasteiger partial charge is 0.493 e. The predicted molar refractivity (Wildman–Crippen MR) is 149 cm³/mol. The van der Waals surface area contributed by atoms with E-state index >= 15 is 0 Å². The fourth-order valence-electron chi connectivity index (χ4n) is 6.11. The second-order valence-corrected chi connectivity index (χ2v) is 13.0.